The molecule has 16 heavy (non-hydrogen) atoms. The highest BCUT2D eigenvalue weighted by Crippen LogP contribution is 2.36. The third-order valence-corrected chi connectivity index (χ3v) is 7.84. The first-order valence-corrected chi connectivity index (χ1v) is 8.87. The maximum absolute atomic E-state index is 9.45. The molecule has 0 amide bonds. The highest BCUT2D eigenvalue weighted by Gasteiger charge is 2.36. The van der Waals surface area contributed by atoms with Crippen LogP contribution in [-0.2, 0) is 4.43 Å². The second-order valence-corrected chi connectivity index (χ2v) is 10.6. The molecule has 0 spiro atoms. The van der Waals surface area contributed by atoms with E-state index in [1.54, 1.807) is 0 Å². The normalized spacial score (nSPS) is 14.6. The van der Waals surface area contributed by atoms with E-state index in [4.69, 9.17) is 10.8 Å². The van der Waals surface area contributed by atoms with E-state index in [9.17, 15) is 5.11 Å². The van der Waals surface area contributed by atoms with E-state index in [0.717, 1.165) is 19.4 Å². The van der Waals surface area contributed by atoms with Gasteiger partial charge in [0.15, 0.2) is 8.32 Å². The van der Waals surface area contributed by atoms with Gasteiger partial charge in [0.2, 0.25) is 0 Å². The van der Waals surface area contributed by atoms with Crippen LogP contribution in [0, 0.1) is 12.3 Å². The van der Waals surface area contributed by atoms with Crippen LogP contribution in [0.25, 0.3) is 0 Å². The van der Waals surface area contributed by atoms with Gasteiger partial charge in [-0.2, -0.15) is 0 Å². The standard InChI is InChI=1S/C13H26O2Si/c1-7-9-12(14)10-8-11-15-16(5,6)13(2,3)4/h1,12,14H,8-11H2,2-6H3/t12-/m1/s1. The highest BCUT2D eigenvalue weighted by molar-refractivity contribution is 6.74. The quantitative estimate of drug-likeness (QED) is 0.440. The predicted molar refractivity (Wildman–Crippen MR) is 71.8 cm³/mol. The SMILES string of the molecule is C#CC[C@@H](O)CCCO[Si](C)(C)C(C)(C)C. The van der Waals surface area contributed by atoms with E-state index in [1.165, 1.54) is 0 Å². The Kier molecular flexibility index (Phi) is 6.31. The van der Waals surface area contributed by atoms with Gasteiger partial charge in [-0.3, -0.25) is 0 Å². The molecule has 1 N–H and O–H groups in total. The van der Waals surface area contributed by atoms with E-state index in [1.807, 2.05) is 0 Å². The van der Waals surface area contributed by atoms with Crippen LogP contribution >= 0.6 is 0 Å². The smallest absolute Gasteiger partial charge is 0.191 e. The van der Waals surface area contributed by atoms with Gasteiger partial charge in [0.05, 0.1) is 6.10 Å². The van der Waals surface area contributed by atoms with Gasteiger partial charge in [0.1, 0.15) is 0 Å². The number of hydrogen-bond acceptors (Lipinski definition) is 2. The molecule has 0 aliphatic carbocycles. The van der Waals surface area contributed by atoms with Crippen LogP contribution in [0.4, 0.5) is 0 Å². The van der Waals surface area contributed by atoms with Gasteiger partial charge in [-0.15, -0.1) is 12.3 Å². The molecule has 0 fully saturated rings. The van der Waals surface area contributed by atoms with Crippen LogP contribution in [0.1, 0.15) is 40.0 Å². The average molecular weight is 242 g/mol. The predicted octanol–water partition coefficient (Wildman–Crippen LogP) is 3.17. The van der Waals surface area contributed by atoms with Crippen molar-refractivity contribution in [2.75, 3.05) is 6.61 Å². The molecule has 94 valence electrons. The van der Waals surface area contributed by atoms with E-state index >= 15 is 0 Å². The van der Waals surface area contributed by atoms with Crippen molar-refractivity contribution in [3.63, 3.8) is 0 Å². The topological polar surface area (TPSA) is 29.5 Å². The summed E-state index contributed by atoms with van der Waals surface area (Å²) in [5.41, 5.74) is 0. The summed E-state index contributed by atoms with van der Waals surface area (Å²) in [4.78, 5) is 0. The van der Waals surface area contributed by atoms with Gasteiger partial charge in [0, 0.05) is 13.0 Å². The van der Waals surface area contributed by atoms with E-state index < -0.39 is 8.32 Å². The summed E-state index contributed by atoms with van der Waals surface area (Å²) in [5.74, 6) is 2.47. The monoisotopic (exact) mass is 242 g/mol. The van der Waals surface area contributed by atoms with Crippen LogP contribution in [0.15, 0.2) is 0 Å². The van der Waals surface area contributed by atoms with E-state index in [0.29, 0.717) is 6.42 Å². The highest BCUT2D eigenvalue weighted by atomic mass is 28.4. The van der Waals surface area contributed by atoms with Gasteiger partial charge in [-0.25, -0.2) is 0 Å². The summed E-state index contributed by atoms with van der Waals surface area (Å²) in [7, 11) is -1.62. The first-order chi connectivity index (χ1) is 7.20. The first kappa shape index (κ1) is 15.7. The largest absolute Gasteiger partial charge is 0.417 e. The van der Waals surface area contributed by atoms with Crippen molar-refractivity contribution in [3.05, 3.63) is 0 Å². The summed E-state index contributed by atoms with van der Waals surface area (Å²) in [6.45, 7) is 11.9. The Morgan fingerprint density at radius 3 is 2.38 bits per heavy atom. The number of hydrogen-bond donors (Lipinski definition) is 1. The van der Waals surface area contributed by atoms with Crippen molar-refractivity contribution in [3.8, 4) is 12.3 Å². The Bertz CT molecular complexity index is 235. The van der Waals surface area contributed by atoms with Crippen LogP contribution in [0.5, 0.6) is 0 Å². The molecule has 0 aliphatic rings. The molecule has 1 atom stereocenters. The average Bonchev–Trinajstić information content (AvgIpc) is 2.11. The number of aliphatic hydroxyl groups excluding tert-OH is 1. The zero-order valence-electron chi connectivity index (χ0n) is 11.3. The molecule has 0 aromatic rings. The van der Waals surface area contributed by atoms with Gasteiger partial charge in [0.25, 0.3) is 0 Å². The maximum Gasteiger partial charge on any atom is 0.191 e. The second-order valence-electron chi connectivity index (χ2n) is 5.81. The molecule has 0 saturated heterocycles. The van der Waals surface area contributed by atoms with Gasteiger partial charge < -0.3 is 9.53 Å². The van der Waals surface area contributed by atoms with E-state index in [-0.39, 0.29) is 11.1 Å². The van der Waals surface area contributed by atoms with Gasteiger partial charge in [-0.05, 0) is 31.0 Å². The Morgan fingerprint density at radius 1 is 1.38 bits per heavy atom. The van der Waals surface area contributed by atoms with Crippen molar-refractivity contribution in [2.24, 2.45) is 0 Å². The van der Waals surface area contributed by atoms with Crippen molar-refractivity contribution < 1.29 is 9.53 Å². The molecule has 0 aromatic heterocycles. The van der Waals surface area contributed by atoms with Crippen LogP contribution in [0.2, 0.25) is 18.1 Å². The molecule has 0 bridgehead atoms. The van der Waals surface area contributed by atoms with Crippen LogP contribution in [0.3, 0.4) is 0 Å². The van der Waals surface area contributed by atoms with Crippen LogP contribution < -0.4 is 0 Å². The molecule has 3 heteroatoms. The minimum atomic E-state index is -1.62. The van der Waals surface area contributed by atoms with Crippen LogP contribution in [-0.4, -0.2) is 26.1 Å². The summed E-state index contributed by atoms with van der Waals surface area (Å²) in [5, 5.41) is 9.71. The Hall–Kier alpha value is -0.303. The number of terminal acetylenes is 1. The summed E-state index contributed by atoms with van der Waals surface area (Å²) in [6.07, 6.45) is 6.82. The molecule has 2 nitrogen and oxygen atoms in total. The first-order valence-electron chi connectivity index (χ1n) is 5.96. The van der Waals surface area contributed by atoms with Crippen molar-refractivity contribution in [1.82, 2.24) is 0 Å². The fraction of sp³-hybridized carbons (Fsp3) is 0.846. The van der Waals surface area contributed by atoms with Gasteiger partial charge >= 0.3 is 0 Å². The Balaban J connectivity index is 3.79. The third-order valence-electron chi connectivity index (χ3n) is 3.30. The fourth-order valence-corrected chi connectivity index (χ4v) is 2.19. The molecule has 0 unspecified atom stereocenters. The molecule has 0 aliphatic heterocycles. The van der Waals surface area contributed by atoms with Crippen molar-refractivity contribution in [2.45, 2.75) is 64.3 Å². The number of rotatable bonds is 6. The molecular formula is C13H26O2Si. The zero-order valence-corrected chi connectivity index (χ0v) is 12.3. The molecule has 0 saturated carbocycles. The molecule has 0 heterocycles. The van der Waals surface area contributed by atoms with Crippen molar-refractivity contribution in [1.29, 1.82) is 0 Å². The maximum atomic E-state index is 9.45. The molecule has 0 radical (unpaired) electrons. The molecule has 0 rings (SSSR count). The van der Waals surface area contributed by atoms with E-state index in [2.05, 4.69) is 39.8 Å². The Morgan fingerprint density at radius 2 is 1.94 bits per heavy atom. The second kappa shape index (κ2) is 6.44. The lowest BCUT2D eigenvalue weighted by Gasteiger charge is -2.36. The molecular weight excluding hydrogens is 216 g/mol. The lowest BCUT2D eigenvalue weighted by Crippen LogP contribution is -2.41. The summed E-state index contributed by atoms with van der Waals surface area (Å²) < 4.78 is 6.00. The van der Waals surface area contributed by atoms with Crippen molar-refractivity contribution >= 4 is 8.32 Å². The summed E-state index contributed by atoms with van der Waals surface area (Å²) >= 11 is 0. The lowest BCUT2D eigenvalue weighted by atomic mass is 10.1. The van der Waals surface area contributed by atoms with Gasteiger partial charge in [-0.1, -0.05) is 20.8 Å². The number of aliphatic hydroxyl groups is 1. The Labute approximate surface area is 102 Å². The lowest BCUT2D eigenvalue weighted by molar-refractivity contribution is 0.155. The zero-order chi connectivity index (χ0) is 12.8. The minimum Gasteiger partial charge on any atom is -0.417 e. The third kappa shape index (κ3) is 5.69. The summed E-state index contributed by atoms with van der Waals surface area (Å²) in [6, 6.07) is 0. The fourth-order valence-electron chi connectivity index (χ4n) is 1.10. The molecule has 0 aromatic carbocycles. The minimum absolute atomic E-state index is 0.254.